The standard InChI is InChI=1S/C17H16ClN3/c18-14-6-5-12(10-20)17(9-14)21-11-13(7-8-19)15-3-1-2-4-16(15)21/h1-6,9,13H,7-8,11,19H2. The maximum Gasteiger partial charge on any atom is 0.101 e. The van der Waals surface area contributed by atoms with Crippen LogP contribution in [0, 0.1) is 11.3 Å². The summed E-state index contributed by atoms with van der Waals surface area (Å²) in [6, 6.07) is 16.0. The fourth-order valence-corrected chi connectivity index (χ4v) is 3.16. The second-order valence-corrected chi connectivity index (χ2v) is 5.65. The molecule has 2 aromatic carbocycles. The molecule has 1 unspecified atom stereocenters. The zero-order valence-corrected chi connectivity index (χ0v) is 12.3. The van der Waals surface area contributed by atoms with Crippen LogP contribution >= 0.6 is 11.6 Å². The molecule has 0 radical (unpaired) electrons. The molecular weight excluding hydrogens is 282 g/mol. The van der Waals surface area contributed by atoms with E-state index >= 15 is 0 Å². The first kappa shape index (κ1) is 13.9. The predicted molar refractivity (Wildman–Crippen MR) is 86.0 cm³/mol. The van der Waals surface area contributed by atoms with E-state index in [2.05, 4.69) is 29.2 Å². The minimum atomic E-state index is 0.400. The van der Waals surface area contributed by atoms with Crippen molar-refractivity contribution in [2.45, 2.75) is 12.3 Å². The average Bonchev–Trinajstić information content (AvgIpc) is 2.87. The van der Waals surface area contributed by atoms with Crippen molar-refractivity contribution in [1.29, 1.82) is 5.26 Å². The van der Waals surface area contributed by atoms with Gasteiger partial charge in [-0.3, -0.25) is 0 Å². The second kappa shape index (κ2) is 5.77. The number of rotatable bonds is 3. The summed E-state index contributed by atoms with van der Waals surface area (Å²) in [7, 11) is 0. The number of nitriles is 1. The number of hydrogen-bond acceptors (Lipinski definition) is 3. The Morgan fingerprint density at radius 1 is 1.24 bits per heavy atom. The van der Waals surface area contributed by atoms with Crippen molar-refractivity contribution in [2.75, 3.05) is 18.0 Å². The Morgan fingerprint density at radius 2 is 2.05 bits per heavy atom. The van der Waals surface area contributed by atoms with Gasteiger partial charge in [0.05, 0.1) is 11.3 Å². The third-order valence-electron chi connectivity index (χ3n) is 3.96. The van der Waals surface area contributed by atoms with Crippen LogP contribution in [0.15, 0.2) is 42.5 Å². The Balaban J connectivity index is 2.09. The van der Waals surface area contributed by atoms with Crippen molar-refractivity contribution in [3.63, 3.8) is 0 Å². The van der Waals surface area contributed by atoms with Crippen LogP contribution in [0.3, 0.4) is 0 Å². The fraction of sp³-hybridized carbons (Fsp3) is 0.235. The van der Waals surface area contributed by atoms with E-state index in [9.17, 15) is 5.26 Å². The molecule has 3 rings (SSSR count). The minimum Gasteiger partial charge on any atom is -0.340 e. The highest BCUT2D eigenvalue weighted by Crippen LogP contribution is 2.43. The summed E-state index contributed by atoms with van der Waals surface area (Å²) in [4.78, 5) is 2.18. The Labute approximate surface area is 129 Å². The molecule has 0 spiro atoms. The zero-order valence-electron chi connectivity index (χ0n) is 11.6. The number of hydrogen-bond donors (Lipinski definition) is 1. The molecule has 2 N–H and O–H groups in total. The molecule has 0 aromatic heterocycles. The molecule has 0 fully saturated rings. The number of nitrogens with zero attached hydrogens (tertiary/aromatic N) is 2. The Morgan fingerprint density at radius 3 is 2.81 bits per heavy atom. The normalized spacial score (nSPS) is 16.6. The molecule has 1 atom stereocenters. The molecule has 1 aliphatic heterocycles. The van der Waals surface area contributed by atoms with Crippen molar-refractivity contribution < 1.29 is 0 Å². The van der Waals surface area contributed by atoms with Crippen molar-refractivity contribution in [2.24, 2.45) is 5.73 Å². The second-order valence-electron chi connectivity index (χ2n) is 5.22. The van der Waals surface area contributed by atoms with Crippen molar-refractivity contribution in [1.82, 2.24) is 0 Å². The highest BCUT2D eigenvalue weighted by atomic mass is 35.5. The molecule has 21 heavy (non-hydrogen) atoms. The van der Waals surface area contributed by atoms with Crippen LogP contribution in [0.25, 0.3) is 0 Å². The van der Waals surface area contributed by atoms with Crippen molar-refractivity contribution >= 4 is 23.0 Å². The lowest BCUT2D eigenvalue weighted by molar-refractivity contribution is 0.668. The molecule has 0 bridgehead atoms. The maximum absolute atomic E-state index is 9.35. The van der Waals surface area contributed by atoms with Crippen LogP contribution in [-0.2, 0) is 0 Å². The third kappa shape index (κ3) is 2.49. The monoisotopic (exact) mass is 297 g/mol. The Kier molecular flexibility index (Phi) is 3.83. The van der Waals surface area contributed by atoms with Gasteiger partial charge in [-0.15, -0.1) is 0 Å². The van der Waals surface area contributed by atoms with Gasteiger partial charge in [0.25, 0.3) is 0 Å². The van der Waals surface area contributed by atoms with Gasteiger partial charge in [0.1, 0.15) is 6.07 Å². The first-order valence-electron chi connectivity index (χ1n) is 7.00. The van der Waals surface area contributed by atoms with E-state index in [1.807, 2.05) is 12.1 Å². The van der Waals surface area contributed by atoms with Gasteiger partial charge < -0.3 is 10.6 Å². The van der Waals surface area contributed by atoms with Crippen LogP contribution in [0.1, 0.15) is 23.5 Å². The van der Waals surface area contributed by atoms with Gasteiger partial charge in [-0.2, -0.15) is 5.26 Å². The summed E-state index contributed by atoms with van der Waals surface area (Å²) in [5, 5.41) is 9.99. The van der Waals surface area contributed by atoms with Crippen LogP contribution in [-0.4, -0.2) is 13.1 Å². The lowest BCUT2D eigenvalue weighted by Crippen LogP contribution is -2.18. The minimum absolute atomic E-state index is 0.400. The molecule has 1 heterocycles. The summed E-state index contributed by atoms with van der Waals surface area (Å²) in [6.45, 7) is 1.50. The molecule has 0 aliphatic carbocycles. The first-order chi connectivity index (χ1) is 10.2. The number of benzene rings is 2. The van der Waals surface area contributed by atoms with E-state index in [1.165, 1.54) is 5.56 Å². The molecule has 4 heteroatoms. The van der Waals surface area contributed by atoms with Crippen LogP contribution in [0.4, 0.5) is 11.4 Å². The Hall–Kier alpha value is -2.02. The van der Waals surface area contributed by atoms with Gasteiger partial charge in [-0.25, -0.2) is 0 Å². The van der Waals surface area contributed by atoms with E-state index < -0.39 is 0 Å². The number of nitrogens with two attached hydrogens (primary N) is 1. The number of para-hydroxylation sites is 1. The quantitative estimate of drug-likeness (QED) is 0.937. The Bertz CT molecular complexity index is 705. The van der Waals surface area contributed by atoms with Gasteiger partial charge in [0, 0.05) is 23.2 Å². The molecule has 106 valence electrons. The van der Waals surface area contributed by atoms with E-state index in [0.29, 0.717) is 23.0 Å². The van der Waals surface area contributed by atoms with E-state index in [-0.39, 0.29) is 0 Å². The van der Waals surface area contributed by atoms with Crippen molar-refractivity contribution in [3.8, 4) is 6.07 Å². The highest BCUT2D eigenvalue weighted by molar-refractivity contribution is 6.31. The molecular formula is C17H16ClN3. The highest BCUT2D eigenvalue weighted by Gasteiger charge is 2.29. The fourth-order valence-electron chi connectivity index (χ4n) is 2.99. The summed E-state index contributed by atoms with van der Waals surface area (Å²) in [5.41, 5.74) is 9.70. The van der Waals surface area contributed by atoms with E-state index in [4.69, 9.17) is 17.3 Å². The number of anilines is 2. The van der Waals surface area contributed by atoms with Crippen molar-refractivity contribution in [3.05, 3.63) is 58.6 Å². The molecule has 2 aromatic rings. The summed E-state index contributed by atoms with van der Waals surface area (Å²) in [6.07, 6.45) is 0.940. The van der Waals surface area contributed by atoms with Gasteiger partial charge in [0.15, 0.2) is 0 Å². The zero-order chi connectivity index (χ0) is 14.8. The van der Waals surface area contributed by atoms with Gasteiger partial charge >= 0.3 is 0 Å². The topological polar surface area (TPSA) is 53.0 Å². The van der Waals surface area contributed by atoms with Crippen LogP contribution in [0.5, 0.6) is 0 Å². The summed E-state index contributed by atoms with van der Waals surface area (Å²) >= 11 is 6.12. The van der Waals surface area contributed by atoms with E-state index in [1.54, 1.807) is 12.1 Å². The van der Waals surface area contributed by atoms with Gasteiger partial charge in [0.2, 0.25) is 0 Å². The van der Waals surface area contributed by atoms with Crippen LogP contribution < -0.4 is 10.6 Å². The van der Waals surface area contributed by atoms with Gasteiger partial charge in [-0.05, 0) is 42.8 Å². The molecule has 1 aliphatic rings. The van der Waals surface area contributed by atoms with E-state index in [0.717, 1.165) is 24.3 Å². The average molecular weight is 298 g/mol. The first-order valence-corrected chi connectivity index (χ1v) is 7.38. The molecule has 0 saturated carbocycles. The lowest BCUT2D eigenvalue weighted by Gasteiger charge is -2.21. The summed E-state index contributed by atoms with van der Waals surface area (Å²) in [5.74, 6) is 0.400. The van der Waals surface area contributed by atoms with Gasteiger partial charge in [-0.1, -0.05) is 29.8 Å². The van der Waals surface area contributed by atoms with Crippen LogP contribution in [0.2, 0.25) is 5.02 Å². The molecule has 0 saturated heterocycles. The molecule has 3 nitrogen and oxygen atoms in total. The smallest absolute Gasteiger partial charge is 0.101 e. The largest absolute Gasteiger partial charge is 0.340 e. The number of fused-ring (bicyclic) bond motifs is 1. The lowest BCUT2D eigenvalue weighted by atomic mass is 9.98. The summed E-state index contributed by atoms with van der Waals surface area (Å²) < 4.78 is 0. The predicted octanol–water partition coefficient (Wildman–Crippen LogP) is 3.80. The SMILES string of the molecule is N#Cc1ccc(Cl)cc1N1CC(CCN)c2ccccc21. The maximum atomic E-state index is 9.35. The number of halogens is 1. The molecule has 0 amide bonds. The third-order valence-corrected chi connectivity index (χ3v) is 4.19.